The molecule has 0 aliphatic rings. The fourth-order valence-electron chi connectivity index (χ4n) is 8.48. The second-order valence-corrected chi connectivity index (χ2v) is 13.4. The number of fused-ring (bicyclic) bond motifs is 5. The molecule has 0 amide bonds. The maximum absolute atomic E-state index is 2.53. The van der Waals surface area contributed by atoms with Crippen LogP contribution in [0.5, 0.6) is 0 Å². The number of para-hydroxylation sites is 4. The maximum atomic E-state index is 2.53. The number of hydrogen-bond acceptors (Lipinski definition) is 1. The van der Waals surface area contributed by atoms with Crippen LogP contribution in [0.25, 0.3) is 76.7 Å². The third-order valence-corrected chi connectivity index (χ3v) is 10.6. The second-order valence-electron chi connectivity index (χ2n) is 13.4. The number of anilines is 3. The minimum atomic E-state index is 1.12. The average Bonchev–Trinajstić information content (AvgIpc) is 3.67. The van der Waals surface area contributed by atoms with Gasteiger partial charge in [0.25, 0.3) is 0 Å². The molecule has 3 heterocycles. The van der Waals surface area contributed by atoms with Gasteiger partial charge in [-0.3, -0.25) is 0 Å². The first-order chi connectivity index (χ1) is 25.3. The number of hydrogen-bond donors (Lipinski definition) is 0. The lowest BCUT2D eigenvalue weighted by molar-refractivity contribution is 1.18. The molecule has 11 aromatic rings. The molecule has 3 heteroatoms. The van der Waals surface area contributed by atoms with Crippen molar-refractivity contribution in [3.63, 3.8) is 0 Å². The first-order valence-corrected chi connectivity index (χ1v) is 17.5. The van der Waals surface area contributed by atoms with E-state index in [1.54, 1.807) is 0 Å². The summed E-state index contributed by atoms with van der Waals surface area (Å²) >= 11 is 0. The number of benzene rings is 8. The van der Waals surface area contributed by atoms with Gasteiger partial charge in [0, 0.05) is 49.7 Å². The van der Waals surface area contributed by atoms with Crippen molar-refractivity contribution in [3.05, 3.63) is 188 Å². The molecular formula is C48H31N3. The molecule has 0 radical (unpaired) electrons. The summed E-state index contributed by atoms with van der Waals surface area (Å²) in [6.07, 6.45) is 0. The van der Waals surface area contributed by atoms with Crippen molar-refractivity contribution in [2.75, 3.05) is 4.90 Å². The third-order valence-electron chi connectivity index (χ3n) is 10.6. The molecule has 0 spiro atoms. The largest absolute Gasteiger partial charge is 0.310 e. The van der Waals surface area contributed by atoms with Crippen LogP contribution >= 0.6 is 0 Å². The van der Waals surface area contributed by atoms with E-state index >= 15 is 0 Å². The molecule has 8 aromatic carbocycles. The van der Waals surface area contributed by atoms with Crippen LogP contribution < -0.4 is 4.90 Å². The lowest BCUT2D eigenvalue weighted by Gasteiger charge is -2.26. The molecule has 238 valence electrons. The quantitative estimate of drug-likeness (QED) is 0.181. The van der Waals surface area contributed by atoms with E-state index in [4.69, 9.17) is 0 Å². The van der Waals surface area contributed by atoms with Crippen LogP contribution in [0.15, 0.2) is 188 Å². The highest BCUT2D eigenvalue weighted by Gasteiger charge is 2.24. The standard InChI is InChI=1S/C48H31N3/c1-5-15-32(16-6-1)33-27-28-42-40(29-33)38-23-13-24-39-41-30-37(49(34-17-7-2-8-18-34)35-19-9-3-10-20-35)31-45-46(41)47-43(50(45)36-21-11-4-12-22-36)25-14-26-44(47)51(42)48(38)39/h1-31H. The van der Waals surface area contributed by atoms with E-state index in [0.717, 1.165) is 22.7 Å². The van der Waals surface area contributed by atoms with Gasteiger partial charge in [-0.2, -0.15) is 0 Å². The van der Waals surface area contributed by atoms with Gasteiger partial charge in [-0.05, 0) is 89.3 Å². The summed E-state index contributed by atoms with van der Waals surface area (Å²) in [6, 6.07) is 68.4. The van der Waals surface area contributed by atoms with Crippen LogP contribution in [-0.4, -0.2) is 8.97 Å². The Kier molecular flexibility index (Phi) is 5.96. The second kappa shape index (κ2) is 10.8. The summed E-state index contributed by atoms with van der Waals surface area (Å²) in [4.78, 5) is 2.39. The van der Waals surface area contributed by atoms with Crippen molar-refractivity contribution in [3.8, 4) is 16.8 Å². The minimum Gasteiger partial charge on any atom is -0.310 e. The molecule has 0 aliphatic carbocycles. The predicted octanol–water partition coefficient (Wildman–Crippen LogP) is 13.1. The topological polar surface area (TPSA) is 12.6 Å². The molecular weight excluding hydrogens is 619 g/mol. The van der Waals surface area contributed by atoms with Crippen LogP contribution in [-0.2, 0) is 0 Å². The first-order valence-electron chi connectivity index (χ1n) is 17.5. The molecule has 0 unspecified atom stereocenters. The highest BCUT2D eigenvalue weighted by atomic mass is 15.1. The zero-order valence-electron chi connectivity index (χ0n) is 27.7. The Bertz CT molecular complexity index is 3010. The van der Waals surface area contributed by atoms with Gasteiger partial charge in [-0.25, -0.2) is 0 Å². The molecule has 0 fully saturated rings. The zero-order chi connectivity index (χ0) is 33.5. The lowest BCUT2D eigenvalue weighted by atomic mass is 10.0. The Balaban J connectivity index is 1.36. The summed E-state index contributed by atoms with van der Waals surface area (Å²) < 4.78 is 4.98. The van der Waals surface area contributed by atoms with E-state index in [1.807, 2.05) is 0 Å². The molecule has 0 N–H and O–H groups in total. The Morgan fingerprint density at radius 2 is 0.941 bits per heavy atom. The van der Waals surface area contributed by atoms with Gasteiger partial charge in [0.15, 0.2) is 0 Å². The summed E-state index contributed by atoms with van der Waals surface area (Å²) in [5.74, 6) is 0. The maximum Gasteiger partial charge on any atom is 0.0619 e. The number of rotatable bonds is 5. The Morgan fingerprint density at radius 1 is 0.333 bits per heavy atom. The SMILES string of the molecule is c1ccc(-c2ccc3c(c2)c2cccc4c5cc(N(c6ccccc6)c6ccccc6)cc6c5c5c(cccc5n3c42)n6-c2ccccc2)cc1. The van der Waals surface area contributed by atoms with Gasteiger partial charge >= 0.3 is 0 Å². The lowest BCUT2D eigenvalue weighted by Crippen LogP contribution is -2.10. The van der Waals surface area contributed by atoms with E-state index in [2.05, 4.69) is 202 Å². The molecule has 0 bridgehead atoms. The van der Waals surface area contributed by atoms with Crippen molar-refractivity contribution in [2.45, 2.75) is 0 Å². The molecule has 0 atom stereocenters. The zero-order valence-corrected chi connectivity index (χ0v) is 27.7. The average molecular weight is 650 g/mol. The predicted molar refractivity (Wildman–Crippen MR) is 216 cm³/mol. The van der Waals surface area contributed by atoms with Crippen LogP contribution in [0.1, 0.15) is 0 Å². The number of nitrogens with zero attached hydrogens (tertiary/aromatic N) is 3. The van der Waals surface area contributed by atoms with Gasteiger partial charge in [0.05, 0.1) is 27.6 Å². The van der Waals surface area contributed by atoms with Gasteiger partial charge < -0.3 is 13.9 Å². The molecule has 51 heavy (non-hydrogen) atoms. The van der Waals surface area contributed by atoms with Gasteiger partial charge in [0.1, 0.15) is 0 Å². The van der Waals surface area contributed by atoms with Crippen molar-refractivity contribution in [1.29, 1.82) is 0 Å². The summed E-state index contributed by atoms with van der Waals surface area (Å²) in [5, 5.41) is 7.55. The fourth-order valence-corrected chi connectivity index (χ4v) is 8.48. The van der Waals surface area contributed by atoms with Crippen molar-refractivity contribution < 1.29 is 0 Å². The molecule has 0 saturated carbocycles. The summed E-state index contributed by atoms with van der Waals surface area (Å²) in [5.41, 5.74) is 13.0. The molecule has 3 nitrogen and oxygen atoms in total. The smallest absolute Gasteiger partial charge is 0.0619 e. The third kappa shape index (κ3) is 4.06. The monoisotopic (exact) mass is 649 g/mol. The van der Waals surface area contributed by atoms with Gasteiger partial charge in [-0.1, -0.05) is 115 Å². The van der Waals surface area contributed by atoms with Gasteiger partial charge in [-0.15, -0.1) is 0 Å². The van der Waals surface area contributed by atoms with Gasteiger partial charge in [0.2, 0.25) is 0 Å². The molecule has 0 aliphatic heterocycles. The highest BCUT2D eigenvalue weighted by molar-refractivity contribution is 6.32. The van der Waals surface area contributed by atoms with E-state index in [9.17, 15) is 0 Å². The van der Waals surface area contributed by atoms with Crippen LogP contribution in [0, 0.1) is 0 Å². The Labute approximate surface area is 294 Å². The normalized spacial score (nSPS) is 11.9. The van der Waals surface area contributed by atoms with E-state index < -0.39 is 0 Å². The highest BCUT2D eigenvalue weighted by Crippen LogP contribution is 2.47. The minimum absolute atomic E-state index is 1.12. The van der Waals surface area contributed by atoms with Crippen LogP contribution in [0.4, 0.5) is 17.1 Å². The Hall–Kier alpha value is -6.84. The molecule has 3 aromatic heterocycles. The van der Waals surface area contributed by atoms with Crippen LogP contribution in [0.3, 0.4) is 0 Å². The summed E-state index contributed by atoms with van der Waals surface area (Å²) in [6.45, 7) is 0. The Morgan fingerprint density at radius 3 is 1.65 bits per heavy atom. The van der Waals surface area contributed by atoms with E-state index in [1.165, 1.54) is 71.0 Å². The van der Waals surface area contributed by atoms with E-state index in [-0.39, 0.29) is 0 Å². The van der Waals surface area contributed by atoms with Crippen LogP contribution in [0.2, 0.25) is 0 Å². The van der Waals surface area contributed by atoms with Crippen molar-refractivity contribution >= 4 is 77.0 Å². The van der Waals surface area contributed by atoms with Crippen molar-refractivity contribution in [1.82, 2.24) is 8.97 Å². The molecule has 11 rings (SSSR count). The number of aromatic nitrogens is 2. The first kappa shape index (κ1) is 28.0. The molecule has 0 saturated heterocycles. The van der Waals surface area contributed by atoms with Crippen molar-refractivity contribution in [2.24, 2.45) is 0 Å². The fraction of sp³-hybridized carbons (Fsp3) is 0. The summed E-state index contributed by atoms with van der Waals surface area (Å²) in [7, 11) is 0. The van der Waals surface area contributed by atoms with E-state index in [0.29, 0.717) is 0 Å².